The molecule has 1 saturated heterocycles. The number of amides is 2. The fourth-order valence-electron chi connectivity index (χ4n) is 3.37. The molecule has 1 fully saturated rings. The fourth-order valence-corrected chi connectivity index (χ4v) is 4.21. The maximum Gasteiger partial charge on any atom is 0.229 e. The van der Waals surface area contributed by atoms with Crippen LogP contribution in [0.3, 0.4) is 0 Å². The summed E-state index contributed by atoms with van der Waals surface area (Å²) in [5, 5.41) is 3.47. The Morgan fingerprint density at radius 1 is 1.32 bits per heavy atom. The quantitative estimate of drug-likeness (QED) is 0.788. The van der Waals surface area contributed by atoms with Crippen LogP contribution in [0, 0.1) is 18.7 Å². The van der Waals surface area contributed by atoms with E-state index in [4.69, 9.17) is 0 Å². The van der Waals surface area contributed by atoms with Crippen molar-refractivity contribution in [3.8, 4) is 0 Å². The Hall–Kier alpha value is -2.28. The molecule has 0 radical (unpaired) electrons. The molecule has 28 heavy (non-hydrogen) atoms. The first-order valence-corrected chi connectivity index (χ1v) is 10.6. The number of benzene rings is 1. The standard InChI is InChI=1S/C21H26FN3O2S/c1-3-4-19(26)25-9-7-16(8-10-25)20(27)24-21-23-13-17(28-21)11-15-6-5-14(2)18(22)12-15/h5-6,12-13,16H,3-4,7-11H2,1-2H3,(H,23,24,27). The molecule has 150 valence electrons. The minimum atomic E-state index is -0.209. The highest BCUT2D eigenvalue weighted by Crippen LogP contribution is 2.25. The molecule has 7 heteroatoms. The first-order chi connectivity index (χ1) is 13.5. The minimum Gasteiger partial charge on any atom is -0.343 e. The summed E-state index contributed by atoms with van der Waals surface area (Å²) in [5.41, 5.74) is 1.51. The fraction of sp³-hybridized carbons (Fsp3) is 0.476. The third-order valence-corrected chi connectivity index (χ3v) is 5.99. The average Bonchev–Trinajstić information content (AvgIpc) is 3.12. The Bertz CT molecular complexity index is 844. The molecule has 0 spiro atoms. The van der Waals surface area contributed by atoms with E-state index in [0.29, 0.717) is 49.5 Å². The van der Waals surface area contributed by atoms with Gasteiger partial charge in [0.05, 0.1) is 0 Å². The van der Waals surface area contributed by atoms with Gasteiger partial charge in [0.25, 0.3) is 0 Å². The van der Waals surface area contributed by atoms with Gasteiger partial charge >= 0.3 is 0 Å². The maximum atomic E-state index is 13.7. The molecule has 0 aliphatic carbocycles. The van der Waals surface area contributed by atoms with Crippen LogP contribution in [0.25, 0.3) is 0 Å². The molecule has 0 bridgehead atoms. The van der Waals surface area contributed by atoms with E-state index in [-0.39, 0.29) is 23.5 Å². The van der Waals surface area contributed by atoms with Crippen LogP contribution in [0.5, 0.6) is 0 Å². The van der Waals surface area contributed by atoms with Crippen molar-refractivity contribution in [2.75, 3.05) is 18.4 Å². The van der Waals surface area contributed by atoms with Gasteiger partial charge in [-0.05, 0) is 43.4 Å². The number of nitrogens with one attached hydrogen (secondary N) is 1. The van der Waals surface area contributed by atoms with Gasteiger partial charge in [0.2, 0.25) is 11.8 Å². The minimum absolute atomic E-state index is 0.0372. The second-order valence-corrected chi connectivity index (χ2v) is 8.40. The Labute approximate surface area is 169 Å². The molecule has 2 amide bonds. The predicted octanol–water partition coefficient (Wildman–Crippen LogP) is 4.16. The Morgan fingerprint density at radius 3 is 2.75 bits per heavy atom. The average molecular weight is 404 g/mol. The van der Waals surface area contributed by atoms with Crippen molar-refractivity contribution in [1.29, 1.82) is 0 Å². The number of carbonyl (C=O) groups is 2. The van der Waals surface area contributed by atoms with Crippen LogP contribution in [-0.2, 0) is 16.0 Å². The lowest BCUT2D eigenvalue weighted by Gasteiger charge is -2.31. The Morgan fingerprint density at radius 2 is 2.07 bits per heavy atom. The molecule has 0 unspecified atom stereocenters. The smallest absolute Gasteiger partial charge is 0.229 e. The number of anilines is 1. The first-order valence-electron chi connectivity index (χ1n) is 9.74. The highest BCUT2D eigenvalue weighted by molar-refractivity contribution is 7.15. The second-order valence-electron chi connectivity index (χ2n) is 7.29. The lowest BCUT2D eigenvalue weighted by molar-refractivity contribution is -0.134. The van der Waals surface area contributed by atoms with Crippen LogP contribution in [0.15, 0.2) is 24.4 Å². The molecule has 1 aliphatic rings. The topological polar surface area (TPSA) is 62.3 Å². The van der Waals surface area contributed by atoms with Gasteiger partial charge in [0.15, 0.2) is 5.13 Å². The van der Waals surface area contributed by atoms with Crippen molar-refractivity contribution in [3.63, 3.8) is 0 Å². The van der Waals surface area contributed by atoms with Crippen molar-refractivity contribution in [2.24, 2.45) is 5.92 Å². The van der Waals surface area contributed by atoms with Gasteiger partial charge in [-0.25, -0.2) is 9.37 Å². The van der Waals surface area contributed by atoms with Crippen LogP contribution < -0.4 is 5.32 Å². The number of thiazole rings is 1. The summed E-state index contributed by atoms with van der Waals surface area (Å²) in [4.78, 5) is 31.6. The van der Waals surface area contributed by atoms with Crippen molar-refractivity contribution in [3.05, 3.63) is 46.2 Å². The molecule has 2 aromatic rings. The SMILES string of the molecule is CCCC(=O)N1CCC(C(=O)Nc2ncc(Cc3ccc(C)c(F)c3)s2)CC1. The number of halogens is 1. The van der Waals surface area contributed by atoms with E-state index >= 15 is 0 Å². The van der Waals surface area contributed by atoms with Crippen molar-refractivity contribution in [1.82, 2.24) is 9.88 Å². The van der Waals surface area contributed by atoms with Crippen LogP contribution in [0.2, 0.25) is 0 Å². The number of aryl methyl sites for hydroxylation is 1. The van der Waals surface area contributed by atoms with E-state index in [1.165, 1.54) is 11.3 Å². The number of carbonyl (C=O) groups excluding carboxylic acids is 2. The van der Waals surface area contributed by atoms with Crippen molar-refractivity contribution >= 4 is 28.3 Å². The molecule has 1 aromatic carbocycles. The monoisotopic (exact) mass is 403 g/mol. The molecule has 5 nitrogen and oxygen atoms in total. The van der Waals surface area contributed by atoms with Crippen LogP contribution in [-0.4, -0.2) is 34.8 Å². The first kappa shape index (κ1) is 20.5. The number of hydrogen-bond acceptors (Lipinski definition) is 4. The molecule has 1 N–H and O–H groups in total. The molecule has 3 rings (SSSR count). The molecular weight excluding hydrogens is 377 g/mol. The lowest BCUT2D eigenvalue weighted by Crippen LogP contribution is -2.41. The third kappa shape index (κ3) is 5.16. The summed E-state index contributed by atoms with van der Waals surface area (Å²) < 4.78 is 13.7. The highest BCUT2D eigenvalue weighted by Gasteiger charge is 2.27. The van der Waals surface area contributed by atoms with Crippen molar-refractivity contribution in [2.45, 2.75) is 46.0 Å². The number of rotatable bonds is 6. The van der Waals surface area contributed by atoms with E-state index in [2.05, 4.69) is 10.3 Å². The number of piperidine rings is 1. The van der Waals surface area contributed by atoms with E-state index < -0.39 is 0 Å². The molecule has 0 atom stereocenters. The van der Waals surface area contributed by atoms with Crippen LogP contribution in [0.4, 0.5) is 9.52 Å². The third-order valence-electron chi connectivity index (χ3n) is 5.08. The Balaban J connectivity index is 1.51. The molecule has 0 saturated carbocycles. The van der Waals surface area contributed by atoms with Gasteiger partial charge in [0, 0.05) is 42.9 Å². The zero-order valence-electron chi connectivity index (χ0n) is 16.3. The summed E-state index contributed by atoms with van der Waals surface area (Å²) in [6.07, 6.45) is 5.10. The maximum absolute atomic E-state index is 13.7. The predicted molar refractivity (Wildman–Crippen MR) is 109 cm³/mol. The number of nitrogens with zero attached hydrogens (tertiary/aromatic N) is 2. The molecule has 1 aliphatic heterocycles. The second kappa shape index (κ2) is 9.28. The molecular formula is C21H26FN3O2S. The molecule has 2 heterocycles. The van der Waals surface area contributed by atoms with E-state index in [9.17, 15) is 14.0 Å². The van der Waals surface area contributed by atoms with Crippen LogP contribution in [0.1, 0.15) is 48.6 Å². The van der Waals surface area contributed by atoms with Crippen LogP contribution >= 0.6 is 11.3 Å². The van der Waals surface area contributed by atoms with Gasteiger partial charge < -0.3 is 10.2 Å². The Kier molecular flexibility index (Phi) is 6.78. The summed E-state index contributed by atoms with van der Waals surface area (Å²) >= 11 is 1.41. The largest absolute Gasteiger partial charge is 0.343 e. The number of likely N-dealkylation sites (tertiary alicyclic amines) is 1. The van der Waals surface area contributed by atoms with E-state index in [0.717, 1.165) is 16.9 Å². The lowest BCUT2D eigenvalue weighted by atomic mass is 9.96. The van der Waals surface area contributed by atoms with Gasteiger partial charge in [0.1, 0.15) is 5.82 Å². The zero-order chi connectivity index (χ0) is 20.1. The van der Waals surface area contributed by atoms with Crippen molar-refractivity contribution < 1.29 is 14.0 Å². The number of aromatic nitrogens is 1. The summed E-state index contributed by atoms with van der Waals surface area (Å²) in [6, 6.07) is 5.22. The summed E-state index contributed by atoms with van der Waals surface area (Å²) in [5.74, 6) is -0.160. The zero-order valence-corrected chi connectivity index (χ0v) is 17.2. The summed E-state index contributed by atoms with van der Waals surface area (Å²) in [7, 11) is 0. The van der Waals surface area contributed by atoms with Gasteiger partial charge in [-0.3, -0.25) is 9.59 Å². The van der Waals surface area contributed by atoms with E-state index in [1.807, 2.05) is 17.9 Å². The van der Waals surface area contributed by atoms with Gasteiger partial charge in [-0.15, -0.1) is 11.3 Å². The van der Waals surface area contributed by atoms with Gasteiger partial charge in [-0.1, -0.05) is 19.1 Å². The summed E-state index contributed by atoms with van der Waals surface area (Å²) in [6.45, 7) is 5.01. The number of hydrogen-bond donors (Lipinski definition) is 1. The van der Waals surface area contributed by atoms with E-state index in [1.54, 1.807) is 25.3 Å². The molecule has 1 aromatic heterocycles. The highest BCUT2D eigenvalue weighted by atomic mass is 32.1. The van der Waals surface area contributed by atoms with Gasteiger partial charge in [-0.2, -0.15) is 0 Å². The normalized spacial score (nSPS) is 14.9.